The maximum absolute atomic E-state index is 12.6. The van der Waals surface area contributed by atoms with Crippen molar-refractivity contribution in [2.45, 2.75) is 0 Å². The van der Waals surface area contributed by atoms with Gasteiger partial charge in [0, 0.05) is 16.5 Å². The van der Waals surface area contributed by atoms with Gasteiger partial charge >= 0.3 is 0 Å². The predicted molar refractivity (Wildman–Crippen MR) is 101 cm³/mol. The molecule has 0 radical (unpaired) electrons. The highest BCUT2D eigenvalue weighted by Gasteiger charge is 2.14. The summed E-state index contributed by atoms with van der Waals surface area (Å²) in [6.07, 6.45) is 0. The summed E-state index contributed by atoms with van der Waals surface area (Å²) in [5.41, 5.74) is 2.36. The van der Waals surface area contributed by atoms with E-state index < -0.39 is 0 Å². The third-order valence-electron chi connectivity index (χ3n) is 3.72. The number of thiophene rings is 1. The summed E-state index contributed by atoms with van der Waals surface area (Å²) < 4.78 is 0. The maximum Gasteiger partial charge on any atom is 0.260 e. The lowest BCUT2D eigenvalue weighted by Crippen LogP contribution is -2.08. The number of hydrogen-bond acceptors (Lipinski definition) is 3. The van der Waals surface area contributed by atoms with Crippen LogP contribution in [0.3, 0.4) is 0 Å². The zero-order valence-corrected chi connectivity index (χ0v) is 14.5. The van der Waals surface area contributed by atoms with Crippen LogP contribution in [0.5, 0.6) is 0 Å². The molecule has 2 aromatic carbocycles. The average molecular weight is 373 g/mol. The number of nitrogens with one attached hydrogen (secondary N) is 1. The normalized spacial score (nSPS) is 11.1. The van der Waals surface area contributed by atoms with Gasteiger partial charge in [0.05, 0.1) is 15.4 Å². The number of hydrogen-bond donors (Lipinski definition) is 1. The number of H-pyrrole nitrogens is 1. The van der Waals surface area contributed by atoms with Crippen molar-refractivity contribution in [3.63, 3.8) is 0 Å². The van der Waals surface area contributed by atoms with E-state index in [0.717, 1.165) is 16.7 Å². The first kappa shape index (κ1) is 15.4. The standard InChI is InChI=1S/C18H10Cl2N2OS/c19-13-7-6-11(8-14(13)20)12-9-24-18-15(12)17(23)21-16(22-18)10-4-2-1-3-5-10/h1-9H,(H,21,22,23). The van der Waals surface area contributed by atoms with Crippen molar-refractivity contribution in [2.24, 2.45) is 0 Å². The molecule has 0 fully saturated rings. The zero-order valence-electron chi connectivity index (χ0n) is 12.2. The van der Waals surface area contributed by atoms with E-state index in [4.69, 9.17) is 23.2 Å². The molecule has 2 heterocycles. The van der Waals surface area contributed by atoms with Gasteiger partial charge in [-0.3, -0.25) is 4.79 Å². The second-order valence-corrected chi connectivity index (χ2v) is 6.91. The van der Waals surface area contributed by atoms with Gasteiger partial charge in [0.1, 0.15) is 10.7 Å². The number of halogens is 2. The van der Waals surface area contributed by atoms with E-state index in [1.807, 2.05) is 41.8 Å². The Morgan fingerprint density at radius 1 is 0.958 bits per heavy atom. The Balaban J connectivity index is 1.91. The topological polar surface area (TPSA) is 45.8 Å². The third kappa shape index (κ3) is 2.63. The summed E-state index contributed by atoms with van der Waals surface area (Å²) in [5, 5.41) is 3.43. The molecule has 4 rings (SSSR count). The van der Waals surface area contributed by atoms with Gasteiger partial charge in [-0.1, -0.05) is 59.6 Å². The molecule has 2 aromatic heterocycles. The van der Waals surface area contributed by atoms with Crippen LogP contribution in [0.4, 0.5) is 0 Å². The van der Waals surface area contributed by atoms with Gasteiger partial charge in [0.25, 0.3) is 5.56 Å². The molecule has 6 heteroatoms. The van der Waals surface area contributed by atoms with Gasteiger partial charge in [-0.2, -0.15) is 0 Å². The Labute approximate surface area is 151 Å². The highest BCUT2D eigenvalue weighted by Crippen LogP contribution is 2.34. The largest absolute Gasteiger partial charge is 0.306 e. The van der Waals surface area contributed by atoms with Gasteiger partial charge in [-0.15, -0.1) is 11.3 Å². The zero-order chi connectivity index (χ0) is 16.7. The molecule has 1 N–H and O–H groups in total. The summed E-state index contributed by atoms with van der Waals surface area (Å²) in [6.45, 7) is 0. The molecular weight excluding hydrogens is 363 g/mol. The summed E-state index contributed by atoms with van der Waals surface area (Å²) in [4.78, 5) is 20.8. The third-order valence-corrected chi connectivity index (χ3v) is 5.33. The van der Waals surface area contributed by atoms with Crippen LogP contribution in [0.25, 0.3) is 32.7 Å². The molecule has 0 unspecified atom stereocenters. The molecule has 0 aliphatic rings. The van der Waals surface area contributed by atoms with Crippen LogP contribution in [-0.2, 0) is 0 Å². The lowest BCUT2D eigenvalue weighted by atomic mass is 10.1. The van der Waals surface area contributed by atoms with E-state index >= 15 is 0 Å². The van der Waals surface area contributed by atoms with Crippen LogP contribution in [0.2, 0.25) is 10.0 Å². The first-order valence-electron chi connectivity index (χ1n) is 7.16. The molecule has 118 valence electrons. The van der Waals surface area contributed by atoms with Crippen molar-refractivity contribution in [1.29, 1.82) is 0 Å². The molecule has 0 aliphatic heterocycles. The SMILES string of the molecule is O=c1[nH]c(-c2ccccc2)nc2scc(-c3ccc(Cl)c(Cl)c3)c12. The number of benzene rings is 2. The fraction of sp³-hybridized carbons (Fsp3) is 0. The summed E-state index contributed by atoms with van der Waals surface area (Å²) in [6, 6.07) is 14.9. The van der Waals surface area contributed by atoms with Crippen molar-refractivity contribution < 1.29 is 0 Å². The molecule has 24 heavy (non-hydrogen) atoms. The van der Waals surface area contributed by atoms with Crippen molar-refractivity contribution in [3.05, 3.63) is 74.3 Å². The van der Waals surface area contributed by atoms with Crippen molar-refractivity contribution in [1.82, 2.24) is 9.97 Å². The van der Waals surface area contributed by atoms with Crippen LogP contribution in [-0.4, -0.2) is 9.97 Å². The number of aromatic nitrogens is 2. The molecule has 0 amide bonds. The van der Waals surface area contributed by atoms with Crippen molar-refractivity contribution in [2.75, 3.05) is 0 Å². The minimum Gasteiger partial charge on any atom is -0.306 e. The molecular formula is C18H10Cl2N2OS. The Morgan fingerprint density at radius 3 is 2.50 bits per heavy atom. The first-order valence-corrected chi connectivity index (χ1v) is 8.79. The Kier molecular flexibility index (Phi) is 3.88. The minimum atomic E-state index is -0.166. The van der Waals surface area contributed by atoms with E-state index in [9.17, 15) is 4.79 Å². The molecule has 0 saturated carbocycles. The highest BCUT2D eigenvalue weighted by molar-refractivity contribution is 7.17. The Hall–Kier alpha value is -2.14. The van der Waals surface area contributed by atoms with Crippen molar-refractivity contribution in [3.8, 4) is 22.5 Å². The van der Waals surface area contributed by atoms with Gasteiger partial charge in [-0.25, -0.2) is 4.98 Å². The molecule has 4 aromatic rings. The van der Waals surface area contributed by atoms with Gasteiger partial charge < -0.3 is 4.98 Å². The molecule has 0 spiro atoms. The van der Waals surface area contributed by atoms with Gasteiger partial charge in [-0.05, 0) is 17.7 Å². The van der Waals surface area contributed by atoms with Crippen LogP contribution in [0.15, 0.2) is 58.7 Å². The minimum absolute atomic E-state index is 0.166. The monoisotopic (exact) mass is 372 g/mol. The lowest BCUT2D eigenvalue weighted by Gasteiger charge is -2.03. The fourth-order valence-electron chi connectivity index (χ4n) is 2.56. The van der Waals surface area contributed by atoms with E-state index in [0.29, 0.717) is 26.1 Å². The quantitative estimate of drug-likeness (QED) is 0.495. The van der Waals surface area contributed by atoms with E-state index in [1.54, 1.807) is 12.1 Å². The molecule has 0 atom stereocenters. The summed E-state index contributed by atoms with van der Waals surface area (Å²) in [5.74, 6) is 0.565. The van der Waals surface area contributed by atoms with Gasteiger partial charge in [0.2, 0.25) is 0 Å². The fourth-order valence-corrected chi connectivity index (χ4v) is 3.80. The number of fused-ring (bicyclic) bond motifs is 1. The highest BCUT2D eigenvalue weighted by atomic mass is 35.5. The van der Waals surface area contributed by atoms with Crippen molar-refractivity contribution >= 4 is 44.8 Å². The number of aromatic amines is 1. The van der Waals surface area contributed by atoms with Crippen LogP contribution in [0, 0.1) is 0 Å². The van der Waals surface area contributed by atoms with E-state index in [2.05, 4.69) is 9.97 Å². The molecule has 3 nitrogen and oxygen atoms in total. The van der Waals surface area contributed by atoms with Crippen LogP contribution >= 0.6 is 34.5 Å². The van der Waals surface area contributed by atoms with Gasteiger partial charge in [0.15, 0.2) is 0 Å². The van der Waals surface area contributed by atoms with Crippen LogP contribution in [0.1, 0.15) is 0 Å². The molecule has 0 aliphatic carbocycles. The Morgan fingerprint density at radius 2 is 1.75 bits per heavy atom. The predicted octanol–water partition coefficient (Wildman–Crippen LogP) is 5.63. The molecule has 0 bridgehead atoms. The maximum atomic E-state index is 12.6. The second-order valence-electron chi connectivity index (χ2n) is 5.24. The Bertz CT molecular complexity index is 1100. The average Bonchev–Trinajstić information content (AvgIpc) is 3.03. The summed E-state index contributed by atoms with van der Waals surface area (Å²) in [7, 11) is 0. The lowest BCUT2D eigenvalue weighted by molar-refractivity contribution is 1.19. The van der Waals surface area contributed by atoms with Crippen LogP contribution < -0.4 is 5.56 Å². The number of nitrogens with zero attached hydrogens (tertiary/aromatic N) is 1. The summed E-state index contributed by atoms with van der Waals surface area (Å²) >= 11 is 13.5. The first-order chi connectivity index (χ1) is 11.6. The smallest absolute Gasteiger partial charge is 0.260 e. The molecule has 0 saturated heterocycles. The van der Waals surface area contributed by atoms with E-state index in [-0.39, 0.29) is 5.56 Å². The van der Waals surface area contributed by atoms with E-state index in [1.165, 1.54) is 11.3 Å². The second kappa shape index (κ2) is 6.06. The number of rotatable bonds is 2.